The minimum absolute atomic E-state index is 0.145. The molecule has 0 aromatic heterocycles. The summed E-state index contributed by atoms with van der Waals surface area (Å²) in [6.07, 6.45) is -0.445. The van der Waals surface area contributed by atoms with Crippen LogP contribution in [-0.2, 0) is 23.7 Å². The third-order valence-electron chi connectivity index (χ3n) is 4.70. The van der Waals surface area contributed by atoms with Crippen molar-refractivity contribution in [2.24, 2.45) is 0 Å². The lowest BCUT2D eigenvalue weighted by Gasteiger charge is -2.49. The topological polar surface area (TPSA) is 54.0 Å². The molecular weight excluding hydrogens is 276 g/mol. The van der Waals surface area contributed by atoms with Crippen molar-refractivity contribution >= 4 is 13.9 Å². The highest BCUT2D eigenvalue weighted by Crippen LogP contribution is 2.57. The van der Waals surface area contributed by atoms with Crippen molar-refractivity contribution in [3.63, 3.8) is 0 Å². The molecule has 1 aliphatic carbocycles. The van der Waals surface area contributed by atoms with Crippen LogP contribution in [0.5, 0.6) is 0 Å². The molecule has 3 fully saturated rings. The summed E-state index contributed by atoms with van der Waals surface area (Å²) in [7, 11) is 0.0689. The van der Waals surface area contributed by atoms with Crippen LogP contribution in [0.1, 0.15) is 20.3 Å². The number of hydrogen-bond acceptors (Lipinski definition) is 5. The Labute approximate surface area is 120 Å². The van der Waals surface area contributed by atoms with Crippen LogP contribution in [0.2, 0.25) is 25.2 Å². The van der Waals surface area contributed by atoms with E-state index in [-0.39, 0.29) is 23.5 Å². The van der Waals surface area contributed by atoms with E-state index in [4.69, 9.17) is 18.9 Å². The van der Waals surface area contributed by atoms with Crippen LogP contribution in [0.4, 0.5) is 0 Å². The standard InChI is InChI=1S/C14H24O5Si/c1-13(2)17-9-11(18-13)14(19-12(9)16-3)7-8(10(14)15)20(4,5)6/h8-9,11-12H,7H2,1-6H3/t8?,9-,11?,12+,14+/m0/s1. The number of methoxy groups -OCH3 is 1. The summed E-state index contributed by atoms with van der Waals surface area (Å²) in [5.74, 6) is -0.500. The Balaban J connectivity index is 1.87. The van der Waals surface area contributed by atoms with Crippen molar-refractivity contribution in [3.8, 4) is 0 Å². The van der Waals surface area contributed by atoms with E-state index in [2.05, 4.69) is 19.6 Å². The molecule has 0 amide bonds. The molecule has 20 heavy (non-hydrogen) atoms. The van der Waals surface area contributed by atoms with Crippen molar-refractivity contribution in [1.29, 1.82) is 0 Å². The summed E-state index contributed by atoms with van der Waals surface area (Å²) >= 11 is 0. The molecule has 2 saturated heterocycles. The normalized spacial score (nSPS) is 46.6. The average Bonchev–Trinajstić information content (AvgIpc) is 2.76. The van der Waals surface area contributed by atoms with Gasteiger partial charge in [0.2, 0.25) is 0 Å². The van der Waals surface area contributed by atoms with E-state index in [0.29, 0.717) is 0 Å². The third kappa shape index (κ3) is 1.85. The summed E-state index contributed by atoms with van der Waals surface area (Å²) < 4.78 is 23.1. The molecular formula is C14H24O5Si. The van der Waals surface area contributed by atoms with Crippen LogP contribution < -0.4 is 0 Å². The van der Waals surface area contributed by atoms with E-state index < -0.39 is 25.8 Å². The number of carbonyl (C=O) groups is 1. The van der Waals surface area contributed by atoms with Gasteiger partial charge in [-0.15, -0.1) is 0 Å². The second-order valence-corrected chi connectivity index (χ2v) is 13.0. The third-order valence-corrected chi connectivity index (χ3v) is 7.26. The van der Waals surface area contributed by atoms with Gasteiger partial charge in [-0.3, -0.25) is 4.79 Å². The molecule has 5 atom stereocenters. The van der Waals surface area contributed by atoms with Crippen LogP contribution in [0, 0.1) is 0 Å². The minimum Gasteiger partial charge on any atom is -0.353 e. The first-order chi connectivity index (χ1) is 9.11. The Hall–Kier alpha value is -0.273. The van der Waals surface area contributed by atoms with Gasteiger partial charge in [0, 0.05) is 12.7 Å². The Morgan fingerprint density at radius 3 is 2.35 bits per heavy atom. The largest absolute Gasteiger partial charge is 0.353 e. The summed E-state index contributed by atoms with van der Waals surface area (Å²) in [5.41, 5.74) is -0.699. The zero-order valence-corrected chi connectivity index (χ0v) is 14.1. The van der Waals surface area contributed by atoms with Crippen molar-refractivity contribution in [3.05, 3.63) is 0 Å². The maximum atomic E-state index is 12.8. The molecule has 2 aliphatic heterocycles. The lowest BCUT2D eigenvalue weighted by Crippen LogP contribution is -2.64. The lowest BCUT2D eigenvalue weighted by molar-refractivity contribution is -0.254. The predicted octanol–water partition coefficient (Wildman–Crippen LogP) is 1.93. The number of ether oxygens (including phenoxy) is 4. The quantitative estimate of drug-likeness (QED) is 0.729. The SMILES string of the molecule is CO[C@@H]1O[C@@]2(CC([Si](C)(C)C)C2=O)C2OC(C)(C)O[C@@H]21. The van der Waals surface area contributed by atoms with Crippen molar-refractivity contribution in [2.45, 2.75) is 75.3 Å². The van der Waals surface area contributed by atoms with Gasteiger partial charge in [0.15, 0.2) is 23.5 Å². The van der Waals surface area contributed by atoms with Crippen LogP contribution >= 0.6 is 0 Å². The van der Waals surface area contributed by atoms with Gasteiger partial charge < -0.3 is 18.9 Å². The van der Waals surface area contributed by atoms with Crippen molar-refractivity contribution in [1.82, 2.24) is 0 Å². The Kier molecular flexibility index (Phi) is 3.03. The van der Waals surface area contributed by atoms with Gasteiger partial charge in [-0.1, -0.05) is 19.6 Å². The number of rotatable bonds is 2. The van der Waals surface area contributed by atoms with Gasteiger partial charge in [-0.2, -0.15) is 0 Å². The number of fused-ring (bicyclic) bond motifs is 2. The Morgan fingerprint density at radius 2 is 1.85 bits per heavy atom. The first kappa shape index (κ1) is 14.7. The second-order valence-electron chi connectivity index (χ2n) is 7.62. The zero-order chi connectivity index (χ0) is 14.9. The van der Waals surface area contributed by atoms with Crippen LogP contribution in [0.25, 0.3) is 0 Å². The molecule has 2 unspecified atom stereocenters. The van der Waals surface area contributed by atoms with Gasteiger partial charge >= 0.3 is 0 Å². The fourth-order valence-corrected chi connectivity index (χ4v) is 5.54. The fraction of sp³-hybridized carbons (Fsp3) is 0.929. The van der Waals surface area contributed by atoms with E-state index in [1.807, 2.05) is 13.8 Å². The molecule has 0 bridgehead atoms. The van der Waals surface area contributed by atoms with Gasteiger partial charge in [0.05, 0.1) is 8.07 Å². The first-order valence-corrected chi connectivity index (χ1v) is 10.8. The summed E-state index contributed by atoms with van der Waals surface area (Å²) in [6, 6.07) is 0. The fourth-order valence-electron chi connectivity index (χ4n) is 3.59. The van der Waals surface area contributed by atoms with E-state index in [1.54, 1.807) is 7.11 Å². The van der Waals surface area contributed by atoms with E-state index >= 15 is 0 Å². The highest BCUT2D eigenvalue weighted by Gasteiger charge is 2.73. The molecule has 6 heteroatoms. The molecule has 0 aromatic carbocycles. The van der Waals surface area contributed by atoms with Gasteiger partial charge in [-0.05, 0) is 20.3 Å². The Bertz CT molecular complexity index is 443. The minimum atomic E-state index is -1.51. The highest BCUT2D eigenvalue weighted by atomic mass is 28.3. The summed E-state index contributed by atoms with van der Waals surface area (Å²) in [4.78, 5) is 12.8. The maximum Gasteiger partial charge on any atom is 0.187 e. The molecule has 0 radical (unpaired) electrons. The molecule has 1 spiro atoms. The molecule has 114 valence electrons. The van der Waals surface area contributed by atoms with Crippen molar-refractivity contribution < 1.29 is 23.7 Å². The van der Waals surface area contributed by atoms with E-state index in [9.17, 15) is 4.79 Å². The number of Topliss-reactive ketones (excluding diaryl/α,β-unsaturated/α-hetero) is 1. The van der Waals surface area contributed by atoms with Gasteiger partial charge in [0.1, 0.15) is 12.2 Å². The number of hydrogen-bond donors (Lipinski definition) is 0. The summed E-state index contributed by atoms with van der Waals surface area (Å²) in [5, 5.41) is 0. The van der Waals surface area contributed by atoms with Crippen molar-refractivity contribution in [2.75, 3.05) is 7.11 Å². The number of ketones is 1. The number of carbonyl (C=O) groups excluding carboxylic acids is 1. The Morgan fingerprint density at radius 1 is 1.20 bits per heavy atom. The van der Waals surface area contributed by atoms with Crippen LogP contribution in [0.3, 0.4) is 0 Å². The average molecular weight is 300 g/mol. The molecule has 0 N–H and O–H groups in total. The molecule has 3 rings (SSSR count). The molecule has 0 aromatic rings. The molecule has 2 heterocycles. The molecule has 1 saturated carbocycles. The monoisotopic (exact) mass is 300 g/mol. The van der Waals surface area contributed by atoms with Gasteiger partial charge in [-0.25, -0.2) is 0 Å². The van der Waals surface area contributed by atoms with E-state index in [1.165, 1.54) is 0 Å². The second kappa shape index (κ2) is 4.13. The molecule has 5 nitrogen and oxygen atoms in total. The van der Waals surface area contributed by atoms with Crippen LogP contribution in [0.15, 0.2) is 0 Å². The van der Waals surface area contributed by atoms with Gasteiger partial charge in [0.25, 0.3) is 0 Å². The zero-order valence-electron chi connectivity index (χ0n) is 13.1. The predicted molar refractivity (Wildman–Crippen MR) is 75.2 cm³/mol. The smallest absolute Gasteiger partial charge is 0.187 e. The lowest BCUT2D eigenvalue weighted by atomic mass is 9.73. The van der Waals surface area contributed by atoms with Crippen LogP contribution in [-0.4, -0.2) is 50.9 Å². The first-order valence-electron chi connectivity index (χ1n) is 7.21. The molecule has 3 aliphatic rings. The maximum absolute atomic E-state index is 12.8. The van der Waals surface area contributed by atoms with E-state index in [0.717, 1.165) is 6.42 Å². The highest BCUT2D eigenvalue weighted by molar-refractivity contribution is 6.81. The summed E-state index contributed by atoms with van der Waals surface area (Å²) in [6.45, 7) is 10.4.